The molecule has 0 saturated carbocycles. The van der Waals surface area contributed by atoms with Crippen molar-refractivity contribution in [2.45, 2.75) is 19.5 Å². The molecule has 0 spiro atoms. The van der Waals surface area contributed by atoms with Crippen molar-refractivity contribution in [1.29, 1.82) is 0 Å². The smallest absolute Gasteiger partial charge is 0.257 e. The maximum Gasteiger partial charge on any atom is 0.257 e. The molecule has 0 saturated heterocycles. The summed E-state index contributed by atoms with van der Waals surface area (Å²) >= 11 is 5.91. The number of nitrogens with zero attached hydrogens (tertiary/aromatic N) is 2. The van der Waals surface area contributed by atoms with Gasteiger partial charge in [0, 0.05) is 31.6 Å². The number of benzene rings is 1. The van der Waals surface area contributed by atoms with Crippen LogP contribution in [-0.2, 0) is 19.5 Å². The molecule has 0 amide bonds. The second-order valence-electron chi connectivity index (χ2n) is 5.08. The Morgan fingerprint density at radius 1 is 1.48 bits per heavy atom. The fourth-order valence-corrected chi connectivity index (χ4v) is 2.76. The van der Waals surface area contributed by atoms with Gasteiger partial charge in [0.2, 0.25) is 5.95 Å². The van der Waals surface area contributed by atoms with Crippen molar-refractivity contribution < 1.29 is 5.11 Å². The van der Waals surface area contributed by atoms with Crippen molar-refractivity contribution in [3.63, 3.8) is 0 Å². The Kier molecular flexibility index (Phi) is 3.57. The van der Waals surface area contributed by atoms with Gasteiger partial charge in [0.05, 0.1) is 16.3 Å². The minimum absolute atomic E-state index is 0.0919. The number of aromatic amines is 1. The van der Waals surface area contributed by atoms with Crippen LogP contribution in [0.15, 0.2) is 23.0 Å². The molecule has 21 heavy (non-hydrogen) atoms. The number of para-hydroxylation sites is 1. The van der Waals surface area contributed by atoms with Crippen molar-refractivity contribution in [2.75, 3.05) is 12.3 Å². The summed E-state index contributed by atoms with van der Waals surface area (Å²) in [4.78, 5) is 20.7. The highest BCUT2D eigenvalue weighted by molar-refractivity contribution is 6.32. The van der Waals surface area contributed by atoms with Crippen LogP contribution in [0.25, 0.3) is 0 Å². The second-order valence-corrected chi connectivity index (χ2v) is 5.49. The summed E-state index contributed by atoms with van der Waals surface area (Å²) in [6.07, 6.45) is 0.658. The highest BCUT2D eigenvalue weighted by Gasteiger charge is 2.21. The van der Waals surface area contributed by atoms with Crippen molar-refractivity contribution in [1.82, 2.24) is 14.9 Å². The highest BCUT2D eigenvalue weighted by Crippen LogP contribution is 2.28. The first-order valence-corrected chi connectivity index (χ1v) is 6.98. The number of phenols is 1. The third-order valence-corrected chi connectivity index (χ3v) is 3.94. The SMILES string of the molecule is Nc1nc2c(c(=O)[nH]1)CN(Cc1cccc(Cl)c1O)CC2. The second kappa shape index (κ2) is 5.38. The number of anilines is 1. The Labute approximate surface area is 126 Å². The molecule has 2 aromatic rings. The van der Waals surface area contributed by atoms with Crippen LogP contribution in [0.4, 0.5) is 5.95 Å². The molecule has 0 bridgehead atoms. The summed E-state index contributed by atoms with van der Waals surface area (Å²) in [6.45, 7) is 1.74. The van der Waals surface area contributed by atoms with Gasteiger partial charge in [0.15, 0.2) is 0 Å². The van der Waals surface area contributed by atoms with E-state index in [2.05, 4.69) is 14.9 Å². The first-order chi connectivity index (χ1) is 10.0. The zero-order valence-electron chi connectivity index (χ0n) is 11.3. The first-order valence-electron chi connectivity index (χ1n) is 6.61. The van der Waals surface area contributed by atoms with E-state index in [-0.39, 0.29) is 17.3 Å². The predicted molar refractivity (Wildman–Crippen MR) is 80.2 cm³/mol. The topological polar surface area (TPSA) is 95.2 Å². The Hall–Kier alpha value is -2.05. The lowest BCUT2D eigenvalue weighted by Crippen LogP contribution is -2.35. The lowest BCUT2D eigenvalue weighted by Gasteiger charge is -2.27. The summed E-state index contributed by atoms with van der Waals surface area (Å²) < 4.78 is 0. The number of rotatable bonds is 2. The summed E-state index contributed by atoms with van der Waals surface area (Å²) in [6, 6.07) is 5.26. The molecular weight excluding hydrogens is 292 g/mol. The van der Waals surface area contributed by atoms with Gasteiger partial charge in [0.1, 0.15) is 5.75 Å². The number of halogens is 1. The maximum absolute atomic E-state index is 11.9. The molecule has 0 fully saturated rings. The van der Waals surface area contributed by atoms with Crippen molar-refractivity contribution in [3.05, 3.63) is 50.4 Å². The Morgan fingerprint density at radius 2 is 2.29 bits per heavy atom. The molecule has 1 aliphatic rings. The van der Waals surface area contributed by atoms with E-state index >= 15 is 0 Å². The molecule has 1 aliphatic heterocycles. The van der Waals surface area contributed by atoms with Gasteiger partial charge in [-0.3, -0.25) is 14.7 Å². The van der Waals surface area contributed by atoms with Gasteiger partial charge in [-0.15, -0.1) is 0 Å². The van der Waals surface area contributed by atoms with Crippen LogP contribution in [0.5, 0.6) is 5.75 Å². The number of nitrogens with one attached hydrogen (secondary N) is 1. The number of phenolic OH excluding ortho intramolecular Hbond substituents is 1. The van der Waals surface area contributed by atoms with Gasteiger partial charge in [-0.25, -0.2) is 4.98 Å². The lowest BCUT2D eigenvalue weighted by molar-refractivity contribution is 0.239. The summed E-state index contributed by atoms with van der Waals surface area (Å²) in [7, 11) is 0. The number of aromatic nitrogens is 2. The zero-order chi connectivity index (χ0) is 15.0. The van der Waals surface area contributed by atoms with E-state index in [0.717, 1.165) is 17.8 Å². The Bertz CT molecular complexity index is 744. The quantitative estimate of drug-likeness (QED) is 0.776. The molecule has 1 aromatic heterocycles. The van der Waals surface area contributed by atoms with Crippen LogP contribution in [0.1, 0.15) is 16.8 Å². The van der Waals surface area contributed by atoms with E-state index in [9.17, 15) is 9.90 Å². The third-order valence-electron chi connectivity index (χ3n) is 3.63. The van der Waals surface area contributed by atoms with Gasteiger partial charge >= 0.3 is 0 Å². The number of hydrogen-bond donors (Lipinski definition) is 3. The van der Waals surface area contributed by atoms with Gasteiger partial charge in [-0.2, -0.15) is 0 Å². The predicted octanol–water partition coefficient (Wildman–Crippen LogP) is 1.27. The lowest BCUT2D eigenvalue weighted by atomic mass is 10.1. The molecule has 0 radical (unpaired) electrons. The number of H-pyrrole nitrogens is 1. The molecule has 0 unspecified atom stereocenters. The molecule has 2 heterocycles. The van der Waals surface area contributed by atoms with E-state index in [0.29, 0.717) is 30.1 Å². The van der Waals surface area contributed by atoms with Crippen molar-refractivity contribution >= 4 is 17.5 Å². The average molecular weight is 307 g/mol. The van der Waals surface area contributed by atoms with Gasteiger partial charge in [-0.05, 0) is 6.07 Å². The minimum Gasteiger partial charge on any atom is -0.506 e. The van der Waals surface area contributed by atoms with Crippen LogP contribution in [0.3, 0.4) is 0 Å². The highest BCUT2D eigenvalue weighted by atomic mass is 35.5. The molecule has 3 rings (SSSR count). The van der Waals surface area contributed by atoms with Crippen LogP contribution in [0.2, 0.25) is 5.02 Å². The number of aromatic hydroxyl groups is 1. The number of fused-ring (bicyclic) bond motifs is 1. The molecular formula is C14H15ClN4O2. The standard InChI is InChI=1S/C14H15ClN4O2/c15-10-3-1-2-8(12(10)20)6-19-5-4-11-9(7-19)13(21)18-14(16)17-11/h1-3,20H,4-7H2,(H3,16,17,18,21). The molecule has 7 heteroatoms. The van der Waals surface area contributed by atoms with Gasteiger partial charge < -0.3 is 10.8 Å². The minimum atomic E-state index is -0.197. The number of hydrogen-bond acceptors (Lipinski definition) is 5. The molecule has 1 aromatic carbocycles. The normalized spacial score (nSPS) is 14.9. The largest absolute Gasteiger partial charge is 0.506 e. The number of nitrogens with two attached hydrogens (primary N) is 1. The zero-order valence-corrected chi connectivity index (χ0v) is 12.0. The van der Waals surface area contributed by atoms with Crippen molar-refractivity contribution in [2.24, 2.45) is 0 Å². The molecule has 4 N–H and O–H groups in total. The fraction of sp³-hybridized carbons (Fsp3) is 0.286. The maximum atomic E-state index is 11.9. The average Bonchev–Trinajstić information content (AvgIpc) is 2.44. The molecule has 0 atom stereocenters. The van der Waals surface area contributed by atoms with E-state index in [1.807, 2.05) is 6.07 Å². The van der Waals surface area contributed by atoms with E-state index < -0.39 is 0 Å². The Morgan fingerprint density at radius 3 is 3.10 bits per heavy atom. The van der Waals surface area contributed by atoms with Crippen molar-refractivity contribution in [3.8, 4) is 5.75 Å². The summed E-state index contributed by atoms with van der Waals surface area (Å²) in [5.74, 6) is 0.244. The van der Waals surface area contributed by atoms with E-state index in [4.69, 9.17) is 17.3 Å². The van der Waals surface area contributed by atoms with Crippen LogP contribution < -0.4 is 11.3 Å². The molecule has 110 valence electrons. The first kappa shape index (κ1) is 13.9. The van der Waals surface area contributed by atoms with Gasteiger partial charge in [-0.1, -0.05) is 23.7 Å². The summed E-state index contributed by atoms with van der Waals surface area (Å²) in [5, 5.41) is 10.3. The third kappa shape index (κ3) is 2.72. The molecule has 6 nitrogen and oxygen atoms in total. The van der Waals surface area contributed by atoms with Crippen LogP contribution in [-0.4, -0.2) is 26.5 Å². The monoisotopic (exact) mass is 306 g/mol. The van der Waals surface area contributed by atoms with Gasteiger partial charge in [0.25, 0.3) is 5.56 Å². The van der Waals surface area contributed by atoms with E-state index in [1.165, 1.54) is 0 Å². The fourth-order valence-electron chi connectivity index (χ4n) is 2.56. The molecule has 0 aliphatic carbocycles. The summed E-state index contributed by atoms with van der Waals surface area (Å²) in [5.41, 5.74) is 7.48. The van der Waals surface area contributed by atoms with E-state index in [1.54, 1.807) is 12.1 Å². The van der Waals surface area contributed by atoms with Crippen LogP contribution in [0, 0.1) is 0 Å². The van der Waals surface area contributed by atoms with Crippen LogP contribution >= 0.6 is 11.6 Å². The number of nitrogen functional groups attached to an aromatic ring is 1. The Balaban J connectivity index is 1.84.